The quantitative estimate of drug-likeness (QED) is 0.0960. The maximum atomic E-state index is 2.55. The van der Waals surface area contributed by atoms with E-state index < -0.39 is 8.07 Å². The Morgan fingerprint density at radius 3 is 0.914 bits per heavy atom. The van der Waals surface area contributed by atoms with Crippen LogP contribution in [0.15, 0.2) is 131 Å². The van der Waals surface area contributed by atoms with Crippen molar-refractivity contribution in [1.29, 1.82) is 0 Å². The van der Waals surface area contributed by atoms with Crippen molar-refractivity contribution in [2.45, 2.75) is 109 Å². The standard InChI is InChI=1S/C57H64Si/c1-35-26-38(4)51(39(5)27-35)32-48-20-14-17-23-54(48)58(57-46(12)44(10)45(11)47(57)13,55-24-18-15-21-49(55)33-52-40(6)28-36(2)29-41(52)7)56-25-19-16-22-50(56)34-53-42(8)30-37(3)31-43(53)9/h14-31,46H,32-34H2,1-13H3. The number of hydrogen-bond donors (Lipinski definition) is 0. The van der Waals surface area contributed by atoms with Crippen molar-refractivity contribution >= 4 is 23.6 Å². The molecule has 0 aromatic heterocycles. The fourth-order valence-corrected chi connectivity index (χ4v) is 17.4. The molecule has 1 unspecified atom stereocenters. The second-order valence-electron chi connectivity index (χ2n) is 18.0. The normalized spacial score (nSPS) is 14.5. The largest absolute Gasteiger partial charge is 0.177 e. The third-order valence-electron chi connectivity index (χ3n) is 13.9. The van der Waals surface area contributed by atoms with E-state index in [2.05, 4.69) is 199 Å². The highest BCUT2D eigenvalue weighted by Crippen LogP contribution is 2.43. The Balaban J connectivity index is 1.64. The molecule has 0 saturated carbocycles. The van der Waals surface area contributed by atoms with Crippen molar-refractivity contribution in [1.82, 2.24) is 0 Å². The molecule has 0 nitrogen and oxygen atoms in total. The van der Waals surface area contributed by atoms with Gasteiger partial charge in [-0.3, -0.25) is 0 Å². The summed E-state index contributed by atoms with van der Waals surface area (Å²) < 4.78 is 0. The molecule has 0 aliphatic heterocycles. The first-order chi connectivity index (χ1) is 27.6. The third kappa shape index (κ3) is 7.32. The zero-order chi connectivity index (χ0) is 41.6. The highest BCUT2D eigenvalue weighted by Gasteiger charge is 2.50. The van der Waals surface area contributed by atoms with Crippen LogP contribution in [-0.4, -0.2) is 8.07 Å². The van der Waals surface area contributed by atoms with Crippen LogP contribution >= 0.6 is 0 Å². The van der Waals surface area contributed by atoms with Crippen LogP contribution in [0.25, 0.3) is 0 Å². The second-order valence-corrected chi connectivity index (χ2v) is 21.6. The van der Waals surface area contributed by atoms with Gasteiger partial charge in [0.1, 0.15) is 0 Å². The average molecular weight is 777 g/mol. The molecule has 7 rings (SSSR count). The van der Waals surface area contributed by atoms with Gasteiger partial charge < -0.3 is 0 Å². The smallest absolute Gasteiger partial charge is 0.0636 e. The van der Waals surface area contributed by atoms with Crippen LogP contribution in [0.5, 0.6) is 0 Å². The zero-order valence-electron chi connectivity index (χ0n) is 37.6. The Hall–Kier alpha value is -4.98. The lowest BCUT2D eigenvalue weighted by Crippen LogP contribution is -2.72. The SMILES string of the molecule is CC1=C(C)C(C)C([Si](c2ccccc2Cc2c(C)cc(C)cc2C)(c2ccccc2Cc2c(C)cc(C)cc2C)c2ccccc2Cc2c(C)cc(C)cc2C)=C1C. The van der Waals surface area contributed by atoms with Crippen molar-refractivity contribution in [2.75, 3.05) is 0 Å². The number of benzene rings is 6. The van der Waals surface area contributed by atoms with Crippen molar-refractivity contribution in [2.24, 2.45) is 5.92 Å². The summed E-state index contributed by atoms with van der Waals surface area (Å²) in [6.45, 7) is 30.3. The molecule has 0 saturated heterocycles. The van der Waals surface area contributed by atoms with E-state index in [1.54, 1.807) is 5.20 Å². The summed E-state index contributed by atoms with van der Waals surface area (Å²) >= 11 is 0. The van der Waals surface area contributed by atoms with Gasteiger partial charge in [-0.05, 0) is 196 Å². The summed E-state index contributed by atoms with van der Waals surface area (Å²) in [5, 5.41) is 6.26. The lowest BCUT2D eigenvalue weighted by atomic mass is 9.94. The van der Waals surface area contributed by atoms with E-state index in [1.165, 1.54) is 116 Å². The minimum atomic E-state index is -3.09. The van der Waals surface area contributed by atoms with Gasteiger partial charge in [-0.1, -0.05) is 149 Å². The molecule has 6 aromatic carbocycles. The van der Waals surface area contributed by atoms with Gasteiger partial charge in [0.2, 0.25) is 0 Å². The van der Waals surface area contributed by atoms with Crippen LogP contribution in [0.2, 0.25) is 0 Å². The van der Waals surface area contributed by atoms with Gasteiger partial charge in [0.25, 0.3) is 0 Å². The molecule has 1 aliphatic carbocycles. The Labute approximate surface area is 351 Å². The number of allylic oxidation sites excluding steroid dienone is 4. The fourth-order valence-electron chi connectivity index (χ4n) is 11.0. The van der Waals surface area contributed by atoms with Crippen LogP contribution in [0.4, 0.5) is 0 Å². The molecular formula is C57H64Si. The lowest BCUT2D eigenvalue weighted by molar-refractivity contribution is 0.851. The monoisotopic (exact) mass is 776 g/mol. The maximum Gasteiger partial charge on any atom is 0.177 e. The maximum absolute atomic E-state index is 3.09. The molecule has 0 heterocycles. The van der Waals surface area contributed by atoms with E-state index in [-0.39, 0.29) is 0 Å². The van der Waals surface area contributed by atoms with Crippen LogP contribution in [0.1, 0.15) is 111 Å². The number of hydrogen-bond acceptors (Lipinski definition) is 0. The van der Waals surface area contributed by atoms with E-state index in [0.717, 1.165) is 19.3 Å². The molecule has 0 spiro atoms. The van der Waals surface area contributed by atoms with E-state index >= 15 is 0 Å². The first-order valence-corrected chi connectivity index (χ1v) is 23.5. The highest BCUT2D eigenvalue weighted by molar-refractivity contribution is 7.17. The van der Waals surface area contributed by atoms with Crippen LogP contribution in [0.3, 0.4) is 0 Å². The Kier molecular flexibility index (Phi) is 11.6. The highest BCUT2D eigenvalue weighted by atomic mass is 28.3. The van der Waals surface area contributed by atoms with Gasteiger partial charge >= 0.3 is 0 Å². The molecule has 1 heteroatoms. The Morgan fingerprint density at radius 1 is 0.379 bits per heavy atom. The van der Waals surface area contributed by atoms with Crippen LogP contribution in [0, 0.1) is 68.2 Å². The van der Waals surface area contributed by atoms with Gasteiger partial charge in [-0.2, -0.15) is 0 Å². The van der Waals surface area contributed by atoms with Gasteiger partial charge in [0.15, 0.2) is 8.07 Å². The van der Waals surface area contributed by atoms with Crippen molar-refractivity contribution in [3.63, 3.8) is 0 Å². The fraction of sp³-hybridized carbons (Fsp3) is 0.298. The average Bonchev–Trinajstić information content (AvgIpc) is 3.36. The lowest BCUT2D eigenvalue weighted by Gasteiger charge is -2.42. The molecule has 0 bridgehead atoms. The molecule has 0 radical (unpaired) electrons. The van der Waals surface area contributed by atoms with Crippen molar-refractivity contribution < 1.29 is 0 Å². The third-order valence-corrected chi connectivity index (χ3v) is 19.4. The van der Waals surface area contributed by atoms with E-state index in [9.17, 15) is 0 Å². The Bertz CT molecular complexity index is 2310. The summed E-state index contributed by atoms with van der Waals surface area (Å²) in [6, 6.07) is 43.2. The first kappa shape index (κ1) is 41.2. The number of rotatable bonds is 10. The summed E-state index contributed by atoms with van der Waals surface area (Å²) in [6.07, 6.45) is 2.73. The molecule has 0 fully saturated rings. The van der Waals surface area contributed by atoms with Crippen LogP contribution < -0.4 is 15.6 Å². The molecule has 1 atom stereocenters. The molecule has 296 valence electrons. The van der Waals surface area contributed by atoms with Crippen molar-refractivity contribution in [3.05, 3.63) is 215 Å². The van der Waals surface area contributed by atoms with E-state index in [0.29, 0.717) is 5.92 Å². The summed E-state index contributed by atoms with van der Waals surface area (Å²) in [5.41, 5.74) is 25.5. The number of aryl methyl sites for hydroxylation is 9. The van der Waals surface area contributed by atoms with Crippen molar-refractivity contribution in [3.8, 4) is 0 Å². The molecular weight excluding hydrogens is 713 g/mol. The van der Waals surface area contributed by atoms with Crippen LogP contribution in [-0.2, 0) is 19.3 Å². The molecule has 0 amide bonds. The minimum Gasteiger partial charge on any atom is -0.0636 e. The molecule has 1 aliphatic rings. The predicted octanol–water partition coefficient (Wildman–Crippen LogP) is 12.5. The summed E-state index contributed by atoms with van der Waals surface area (Å²) in [4.78, 5) is 0. The predicted molar refractivity (Wildman–Crippen MR) is 255 cm³/mol. The summed E-state index contributed by atoms with van der Waals surface area (Å²) in [5.74, 6) is 0.314. The van der Waals surface area contributed by atoms with Gasteiger partial charge in [-0.25, -0.2) is 0 Å². The minimum absolute atomic E-state index is 0.314. The second kappa shape index (κ2) is 16.3. The summed E-state index contributed by atoms with van der Waals surface area (Å²) in [7, 11) is -3.09. The molecule has 58 heavy (non-hydrogen) atoms. The van der Waals surface area contributed by atoms with Gasteiger partial charge in [0, 0.05) is 0 Å². The van der Waals surface area contributed by atoms with Gasteiger partial charge in [-0.15, -0.1) is 0 Å². The topological polar surface area (TPSA) is 0 Å². The first-order valence-electron chi connectivity index (χ1n) is 21.5. The Morgan fingerprint density at radius 2 is 0.655 bits per heavy atom. The molecule has 0 N–H and O–H groups in total. The van der Waals surface area contributed by atoms with E-state index in [1.807, 2.05) is 0 Å². The van der Waals surface area contributed by atoms with Gasteiger partial charge in [0.05, 0.1) is 0 Å². The molecule has 6 aromatic rings. The zero-order valence-corrected chi connectivity index (χ0v) is 38.6. The van der Waals surface area contributed by atoms with E-state index in [4.69, 9.17) is 0 Å².